The molecule has 2 N–H and O–H groups in total. The number of phenolic OH excluding ortho intramolecular Hbond substituents is 1. The van der Waals surface area contributed by atoms with Crippen molar-refractivity contribution in [2.75, 3.05) is 20.1 Å². The van der Waals surface area contributed by atoms with Crippen molar-refractivity contribution in [3.05, 3.63) is 77.4 Å². The molecule has 6 rings (SSSR count). The van der Waals surface area contributed by atoms with Gasteiger partial charge in [-0.2, -0.15) is 0 Å². The van der Waals surface area contributed by atoms with Crippen LogP contribution in [0.25, 0.3) is 6.08 Å². The lowest BCUT2D eigenvalue weighted by Gasteiger charge is -2.65. The zero-order valence-electron chi connectivity index (χ0n) is 21.9. The predicted molar refractivity (Wildman–Crippen MR) is 144 cm³/mol. The zero-order valence-corrected chi connectivity index (χ0v) is 21.9. The number of likely N-dealkylation sites (tertiary alicyclic amines) is 1. The number of carbonyl (C=O) groups excluding carboxylic acids is 1. The van der Waals surface area contributed by atoms with Crippen molar-refractivity contribution in [3.63, 3.8) is 0 Å². The van der Waals surface area contributed by atoms with Crippen molar-refractivity contribution in [2.45, 2.75) is 62.3 Å². The van der Waals surface area contributed by atoms with Crippen molar-refractivity contribution in [1.29, 1.82) is 0 Å². The fourth-order valence-electron chi connectivity index (χ4n) is 8.05. The first kappa shape index (κ1) is 24.3. The van der Waals surface area contributed by atoms with Gasteiger partial charge in [0.25, 0.3) is 0 Å². The summed E-state index contributed by atoms with van der Waals surface area (Å²) >= 11 is 0. The minimum Gasteiger partial charge on any atom is -0.504 e. The van der Waals surface area contributed by atoms with Gasteiger partial charge in [0.15, 0.2) is 11.5 Å². The number of aromatic hydroxyl groups is 1. The van der Waals surface area contributed by atoms with Gasteiger partial charge in [0, 0.05) is 31.3 Å². The van der Waals surface area contributed by atoms with E-state index in [1.807, 2.05) is 56.5 Å². The van der Waals surface area contributed by atoms with Crippen LogP contribution in [0.15, 0.2) is 55.1 Å². The molecular weight excluding hydrogens is 464 g/mol. The van der Waals surface area contributed by atoms with Gasteiger partial charge in [0.2, 0.25) is 5.91 Å². The highest BCUT2D eigenvalue weighted by molar-refractivity contribution is 5.92. The van der Waals surface area contributed by atoms with Crippen LogP contribution >= 0.6 is 0 Å². The van der Waals surface area contributed by atoms with E-state index in [1.165, 1.54) is 0 Å². The van der Waals surface area contributed by atoms with Crippen molar-refractivity contribution in [3.8, 4) is 11.5 Å². The van der Waals surface area contributed by atoms with Gasteiger partial charge in [-0.1, -0.05) is 48.9 Å². The number of likely N-dealkylation sites (N-methyl/N-ethyl adjacent to an activating group) is 1. The number of ether oxygens (including phenoxy) is 1. The molecule has 194 valence electrons. The summed E-state index contributed by atoms with van der Waals surface area (Å²) in [6.45, 7) is 9.61. The Morgan fingerprint density at radius 3 is 2.89 bits per heavy atom. The number of hydrogen-bond donors (Lipinski definition) is 2. The summed E-state index contributed by atoms with van der Waals surface area (Å²) in [6.07, 6.45) is 6.90. The molecule has 2 bridgehead atoms. The van der Waals surface area contributed by atoms with Gasteiger partial charge in [-0.05, 0) is 61.9 Å². The van der Waals surface area contributed by atoms with Gasteiger partial charge in [-0.15, -0.1) is 6.58 Å². The molecule has 2 aliphatic heterocycles. The highest BCUT2D eigenvalue weighted by atomic mass is 16.5. The second-order valence-electron chi connectivity index (χ2n) is 11.5. The third-order valence-electron chi connectivity index (χ3n) is 9.52. The lowest BCUT2D eigenvalue weighted by atomic mass is 9.46. The summed E-state index contributed by atoms with van der Waals surface area (Å²) in [4.78, 5) is 17.6. The molecule has 2 aromatic rings. The fraction of sp³-hybridized carbons (Fsp3) is 0.452. The molecule has 6 atom stereocenters. The number of hydrogen-bond acceptors (Lipinski definition) is 5. The number of piperidine rings is 1. The lowest BCUT2D eigenvalue weighted by Crippen LogP contribution is -2.79. The second-order valence-corrected chi connectivity index (χ2v) is 11.5. The Kier molecular flexibility index (Phi) is 5.55. The third-order valence-corrected chi connectivity index (χ3v) is 9.52. The summed E-state index contributed by atoms with van der Waals surface area (Å²) in [5.74, 6) is 0.498. The first-order valence-electron chi connectivity index (χ1n) is 13.3. The van der Waals surface area contributed by atoms with Crippen LogP contribution in [-0.4, -0.2) is 69.8 Å². The summed E-state index contributed by atoms with van der Waals surface area (Å²) in [7, 11) is 1.84. The van der Waals surface area contributed by atoms with Crippen LogP contribution in [0.4, 0.5) is 0 Å². The minimum absolute atomic E-state index is 0.00590. The number of aryl methyl sites for hydroxylation is 1. The Morgan fingerprint density at radius 1 is 1.32 bits per heavy atom. The average Bonchev–Trinajstić information content (AvgIpc) is 3.20. The molecule has 0 aromatic heterocycles. The normalized spacial score (nSPS) is 33.6. The molecule has 6 heteroatoms. The van der Waals surface area contributed by atoms with Gasteiger partial charge in [0.05, 0.1) is 17.1 Å². The number of aliphatic hydroxyl groups is 1. The number of amides is 1. The van der Waals surface area contributed by atoms with E-state index < -0.39 is 17.1 Å². The van der Waals surface area contributed by atoms with E-state index in [9.17, 15) is 15.0 Å². The largest absolute Gasteiger partial charge is 0.504 e. The topological polar surface area (TPSA) is 73.2 Å². The highest BCUT2D eigenvalue weighted by Gasteiger charge is 2.74. The Hall–Kier alpha value is -3.09. The molecule has 3 unspecified atom stereocenters. The molecule has 0 radical (unpaired) electrons. The van der Waals surface area contributed by atoms with Crippen LogP contribution in [0.3, 0.4) is 0 Å². The molecule has 2 aliphatic carbocycles. The summed E-state index contributed by atoms with van der Waals surface area (Å²) in [5.41, 5.74) is 2.51. The quantitative estimate of drug-likeness (QED) is 0.482. The van der Waals surface area contributed by atoms with Crippen LogP contribution in [0.1, 0.15) is 42.0 Å². The van der Waals surface area contributed by atoms with E-state index in [0.717, 1.165) is 35.3 Å². The van der Waals surface area contributed by atoms with Gasteiger partial charge in [0.1, 0.15) is 6.10 Å². The Balaban J connectivity index is 1.41. The fourth-order valence-corrected chi connectivity index (χ4v) is 8.05. The van der Waals surface area contributed by atoms with E-state index in [4.69, 9.17) is 4.74 Å². The Morgan fingerprint density at radius 2 is 2.14 bits per heavy atom. The molecule has 1 amide bonds. The molecule has 2 fully saturated rings. The number of nitrogens with zero attached hydrogens (tertiary/aromatic N) is 2. The Bertz CT molecular complexity index is 1300. The van der Waals surface area contributed by atoms with E-state index in [1.54, 1.807) is 17.0 Å². The standard InChI is InChI=1S/C31H36N2O4/c1-5-14-33-15-13-30-26-22-10-11-23(34)28(26)37-29(30)27(20(3)18-31(30,36)24(33)17-22)32(4)25(35)12-9-21-8-6-7-19(2)16-21/h5-12,16,20,24,27,29,34,36H,1,13-15,17-18H2,2-4H3/b12-9+/t20?,24-,27?,29?,30+,31-/m1/s1. The van der Waals surface area contributed by atoms with Gasteiger partial charge in [-0.3, -0.25) is 9.69 Å². The van der Waals surface area contributed by atoms with Crippen LogP contribution in [0.2, 0.25) is 0 Å². The number of phenols is 1. The van der Waals surface area contributed by atoms with Crippen LogP contribution < -0.4 is 4.74 Å². The van der Waals surface area contributed by atoms with E-state index in [-0.39, 0.29) is 29.7 Å². The van der Waals surface area contributed by atoms with E-state index >= 15 is 0 Å². The Labute approximate surface area is 218 Å². The predicted octanol–water partition coefficient (Wildman–Crippen LogP) is 3.83. The highest BCUT2D eigenvalue weighted by Crippen LogP contribution is 2.66. The van der Waals surface area contributed by atoms with Gasteiger partial charge >= 0.3 is 0 Å². The maximum Gasteiger partial charge on any atom is 0.246 e. The first-order valence-corrected chi connectivity index (χ1v) is 13.3. The molecule has 1 saturated carbocycles. The summed E-state index contributed by atoms with van der Waals surface area (Å²) in [5, 5.41) is 23.5. The molecule has 1 spiro atoms. The van der Waals surface area contributed by atoms with E-state index in [0.29, 0.717) is 25.0 Å². The smallest absolute Gasteiger partial charge is 0.246 e. The molecular formula is C31H36N2O4. The minimum atomic E-state index is -1.03. The van der Waals surface area contributed by atoms with Crippen molar-refractivity contribution >= 4 is 12.0 Å². The monoisotopic (exact) mass is 500 g/mol. The molecule has 2 aromatic carbocycles. The SMILES string of the molecule is C=CCN1CC[C@]23c4c5ccc(O)c4OC2C(N(C)C(=O)/C=C/c2cccc(C)c2)C(C)C[C@@]3(O)[C@H]1C5. The lowest BCUT2D eigenvalue weighted by molar-refractivity contribution is -0.210. The molecule has 1 saturated heterocycles. The second kappa shape index (κ2) is 8.47. The van der Waals surface area contributed by atoms with Crippen molar-refractivity contribution in [2.24, 2.45) is 5.92 Å². The van der Waals surface area contributed by atoms with Crippen molar-refractivity contribution in [1.82, 2.24) is 9.80 Å². The maximum atomic E-state index is 13.5. The van der Waals surface area contributed by atoms with Gasteiger partial charge < -0.3 is 19.8 Å². The molecule has 6 nitrogen and oxygen atoms in total. The third kappa shape index (κ3) is 3.28. The molecule has 37 heavy (non-hydrogen) atoms. The first-order chi connectivity index (χ1) is 17.7. The van der Waals surface area contributed by atoms with Gasteiger partial charge in [-0.25, -0.2) is 0 Å². The summed E-state index contributed by atoms with van der Waals surface area (Å²) < 4.78 is 6.64. The van der Waals surface area contributed by atoms with E-state index in [2.05, 4.69) is 18.4 Å². The number of carbonyl (C=O) groups is 1. The number of rotatable bonds is 5. The molecule has 4 aliphatic rings. The van der Waals surface area contributed by atoms with Crippen LogP contribution in [0.5, 0.6) is 11.5 Å². The zero-order chi connectivity index (χ0) is 26.1. The number of benzene rings is 2. The average molecular weight is 501 g/mol. The maximum absolute atomic E-state index is 13.5. The molecule has 2 heterocycles. The van der Waals surface area contributed by atoms with Crippen molar-refractivity contribution < 1.29 is 19.7 Å². The van der Waals surface area contributed by atoms with Crippen LogP contribution in [-0.2, 0) is 16.6 Å². The summed E-state index contributed by atoms with van der Waals surface area (Å²) in [6, 6.07) is 11.4. The van der Waals surface area contributed by atoms with Crippen LogP contribution in [0, 0.1) is 12.8 Å².